The maximum absolute atomic E-state index is 11.5. The molecule has 0 aliphatic carbocycles. The fraction of sp³-hybridized carbons (Fsp3) is 0.438. The van der Waals surface area contributed by atoms with Crippen molar-refractivity contribution in [2.24, 2.45) is 7.05 Å². The van der Waals surface area contributed by atoms with E-state index in [4.69, 9.17) is 4.74 Å². The minimum Gasteiger partial charge on any atom is -0.372 e. The maximum Gasteiger partial charge on any atom is 0.170 e. The van der Waals surface area contributed by atoms with Crippen molar-refractivity contribution >= 4 is 12.0 Å². The van der Waals surface area contributed by atoms with Gasteiger partial charge in [-0.1, -0.05) is 0 Å². The maximum atomic E-state index is 11.5. The standard InChI is InChI=1S/C16H20N4O2/c1-11-8-20(9-12(2)22-11)16-5-4-13(18-14(16)10-21)15-6-7-17-19(15)3/h4-7,10-12H,8-9H2,1-3H3/t11-,12+. The van der Waals surface area contributed by atoms with Crippen LogP contribution in [0.3, 0.4) is 0 Å². The van der Waals surface area contributed by atoms with E-state index in [1.807, 2.05) is 39.1 Å². The summed E-state index contributed by atoms with van der Waals surface area (Å²) in [7, 11) is 1.86. The van der Waals surface area contributed by atoms with E-state index in [1.54, 1.807) is 10.9 Å². The molecule has 0 unspecified atom stereocenters. The van der Waals surface area contributed by atoms with E-state index in [-0.39, 0.29) is 12.2 Å². The summed E-state index contributed by atoms with van der Waals surface area (Å²) in [6, 6.07) is 5.78. The summed E-state index contributed by atoms with van der Waals surface area (Å²) in [5.41, 5.74) is 2.96. The van der Waals surface area contributed by atoms with Gasteiger partial charge in [-0.2, -0.15) is 5.10 Å². The molecule has 6 nitrogen and oxygen atoms in total. The van der Waals surface area contributed by atoms with Crippen molar-refractivity contribution in [1.29, 1.82) is 0 Å². The third kappa shape index (κ3) is 2.74. The van der Waals surface area contributed by atoms with Crippen LogP contribution in [0.25, 0.3) is 11.4 Å². The molecule has 0 radical (unpaired) electrons. The minimum absolute atomic E-state index is 0.139. The number of carbonyl (C=O) groups is 1. The largest absolute Gasteiger partial charge is 0.372 e. The van der Waals surface area contributed by atoms with E-state index in [0.717, 1.165) is 36.5 Å². The lowest BCUT2D eigenvalue weighted by Gasteiger charge is -2.37. The van der Waals surface area contributed by atoms with Crippen molar-refractivity contribution < 1.29 is 9.53 Å². The first-order valence-corrected chi connectivity index (χ1v) is 7.43. The third-order valence-corrected chi connectivity index (χ3v) is 3.86. The van der Waals surface area contributed by atoms with E-state index in [1.165, 1.54) is 0 Å². The Bertz CT molecular complexity index is 673. The second-order valence-electron chi connectivity index (χ2n) is 5.72. The molecule has 1 aliphatic rings. The van der Waals surface area contributed by atoms with Gasteiger partial charge in [-0.05, 0) is 32.0 Å². The quantitative estimate of drug-likeness (QED) is 0.810. The predicted octanol–water partition coefficient (Wildman–Crippen LogP) is 1.91. The number of rotatable bonds is 3. The molecule has 3 heterocycles. The van der Waals surface area contributed by atoms with Gasteiger partial charge >= 0.3 is 0 Å². The zero-order chi connectivity index (χ0) is 15.7. The fourth-order valence-electron chi connectivity index (χ4n) is 2.96. The number of hydrogen-bond donors (Lipinski definition) is 0. The van der Waals surface area contributed by atoms with Gasteiger partial charge in [0.05, 0.1) is 29.3 Å². The number of pyridine rings is 1. The van der Waals surface area contributed by atoms with Gasteiger partial charge in [0.15, 0.2) is 6.29 Å². The predicted molar refractivity (Wildman–Crippen MR) is 84.0 cm³/mol. The van der Waals surface area contributed by atoms with Gasteiger partial charge in [0.1, 0.15) is 5.69 Å². The SMILES string of the molecule is C[C@@H]1CN(c2ccc(-c3ccnn3C)nc2C=O)C[C@H](C)O1. The van der Waals surface area contributed by atoms with Crippen LogP contribution >= 0.6 is 0 Å². The lowest BCUT2D eigenvalue weighted by molar-refractivity contribution is -0.00527. The minimum atomic E-state index is 0.139. The van der Waals surface area contributed by atoms with Crippen LogP contribution in [0.2, 0.25) is 0 Å². The highest BCUT2D eigenvalue weighted by molar-refractivity contribution is 5.83. The molecule has 2 aromatic heterocycles. The summed E-state index contributed by atoms with van der Waals surface area (Å²) in [4.78, 5) is 18.2. The van der Waals surface area contributed by atoms with Gasteiger partial charge in [0, 0.05) is 26.3 Å². The number of hydrogen-bond acceptors (Lipinski definition) is 5. The molecule has 0 bridgehead atoms. The Balaban J connectivity index is 1.96. The molecule has 0 amide bonds. The van der Waals surface area contributed by atoms with Crippen molar-refractivity contribution in [3.05, 3.63) is 30.1 Å². The summed E-state index contributed by atoms with van der Waals surface area (Å²) in [6.07, 6.45) is 2.82. The lowest BCUT2D eigenvalue weighted by Crippen LogP contribution is -2.45. The number of nitrogens with zero attached hydrogens (tertiary/aromatic N) is 4. The molecule has 22 heavy (non-hydrogen) atoms. The van der Waals surface area contributed by atoms with Gasteiger partial charge in [0.25, 0.3) is 0 Å². The lowest BCUT2D eigenvalue weighted by atomic mass is 10.1. The van der Waals surface area contributed by atoms with Gasteiger partial charge < -0.3 is 9.64 Å². The van der Waals surface area contributed by atoms with Crippen LogP contribution in [0.15, 0.2) is 24.4 Å². The Hall–Kier alpha value is -2.21. The molecule has 3 rings (SSSR count). The second kappa shape index (κ2) is 5.88. The number of anilines is 1. The zero-order valence-corrected chi connectivity index (χ0v) is 13.1. The average Bonchev–Trinajstić information content (AvgIpc) is 2.91. The highest BCUT2D eigenvalue weighted by atomic mass is 16.5. The highest BCUT2D eigenvalue weighted by Gasteiger charge is 2.24. The van der Waals surface area contributed by atoms with E-state index in [2.05, 4.69) is 15.0 Å². The topological polar surface area (TPSA) is 60.2 Å². The molecule has 2 aromatic rings. The van der Waals surface area contributed by atoms with Crippen LogP contribution in [0.1, 0.15) is 24.3 Å². The van der Waals surface area contributed by atoms with Gasteiger partial charge in [0.2, 0.25) is 0 Å². The number of ether oxygens (including phenoxy) is 1. The van der Waals surface area contributed by atoms with Crippen LogP contribution in [-0.2, 0) is 11.8 Å². The van der Waals surface area contributed by atoms with Crippen LogP contribution < -0.4 is 4.90 Å². The van der Waals surface area contributed by atoms with Crippen LogP contribution in [0, 0.1) is 0 Å². The molecule has 6 heteroatoms. The number of morpholine rings is 1. The molecule has 116 valence electrons. The van der Waals surface area contributed by atoms with Gasteiger partial charge in [-0.3, -0.25) is 9.48 Å². The zero-order valence-electron chi connectivity index (χ0n) is 13.1. The normalized spacial score (nSPS) is 21.9. The number of aldehydes is 1. The van der Waals surface area contributed by atoms with E-state index in [0.29, 0.717) is 5.69 Å². The van der Waals surface area contributed by atoms with Gasteiger partial charge in [-0.15, -0.1) is 0 Å². The molecular formula is C16H20N4O2. The number of aromatic nitrogens is 3. The number of aryl methyl sites for hydroxylation is 1. The van der Waals surface area contributed by atoms with Crippen molar-refractivity contribution in [3.8, 4) is 11.4 Å². The van der Waals surface area contributed by atoms with E-state index >= 15 is 0 Å². The van der Waals surface area contributed by atoms with Crippen molar-refractivity contribution in [1.82, 2.24) is 14.8 Å². The molecule has 1 aliphatic heterocycles. The van der Waals surface area contributed by atoms with E-state index < -0.39 is 0 Å². The second-order valence-corrected chi connectivity index (χ2v) is 5.72. The Kier molecular flexibility index (Phi) is 3.94. The molecule has 1 fully saturated rings. The molecule has 0 spiro atoms. The Morgan fingerprint density at radius 3 is 2.55 bits per heavy atom. The molecule has 0 N–H and O–H groups in total. The molecule has 0 saturated carbocycles. The molecule has 2 atom stereocenters. The Morgan fingerprint density at radius 1 is 1.23 bits per heavy atom. The summed E-state index contributed by atoms with van der Waals surface area (Å²) in [6.45, 7) is 5.61. The summed E-state index contributed by atoms with van der Waals surface area (Å²) in [5.74, 6) is 0. The van der Waals surface area contributed by atoms with Crippen LogP contribution in [0.5, 0.6) is 0 Å². The molecular weight excluding hydrogens is 280 g/mol. The monoisotopic (exact) mass is 300 g/mol. The first kappa shape index (κ1) is 14.7. The Morgan fingerprint density at radius 2 is 1.95 bits per heavy atom. The fourth-order valence-corrected chi connectivity index (χ4v) is 2.96. The van der Waals surface area contributed by atoms with Crippen LogP contribution in [-0.4, -0.2) is 46.3 Å². The number of carbonyl (C=O) groups excluding carboxylic acids is 1. The van der Waals surface area contributed by atoms with Gasteiger partial charge in [-0.25, -0.2) is 4.98 Å². The van der Waals surface area contributed by atoms with Crippen molar-refractivity contribution in [3.63, 3.8) is 0 Å². The highest BCUT2D eigenvalue weighted by Crippen LogP contribution is 2.26. The molecule has 1 saturated heterocycles. The first-order valence-electron chi connectivity index (χ1n) is 7.43. The van der Waals surface area contributed by atoms with Crippen LogP contribution in [0.4, 0.5) is 5.69 Å². The first-order chi connectivity index (χ1) is 10.6. The Labute approximate surface area is 129 Å². The summed E-state index contributed by atoms with van der Waals surface area (Å²) >= 11 is 0. The summed E-state index contributed by atoms with van der Waals surface area (Å²) in [5, 5.41) is 4.14. The average molecular weight is 300 g/mol. The smallest absolute Gasteiger partial charge is 0.170 e. The summed E-state index contributed by atoms with van der Waals surface area (Å²) < 4.78 is 7.49. The van der Waals surface area contributed by atoms with E-state index in [9.17, 15) is 4.79 Å². The van der Waals surface area contributed by atoms with Crippen molar-refractivity contribution in [2.75, 3.05) is 18.0 Å². The van der Waals surface area contributed by atoms with Crippen molar-refractivity contribution in [2.45, 2.75) is 26.1 Å². The molecule has 0 aromatic carbocycles. The third-order valence-electron chi connectivity index (χ3n) is 3.86.